The number of hydrogen-bond donors (Lipinski definition) is 1. The molecule has 0 fully saturated rings. The van der Waals surface area contributed by atoms with Gasteiger partial charge in [0.2, 0.25) is 11.8 Å². The minimum absolute atomic E-state index is 0.0713. The van der Waals surface area contributed by atoms with Crippen LogP contribution < -0.4 is 5.32 Å². The van der Waals surface area contributed by atoms with Gasteiger partial charge in [0.25, 0.3) is 0 Å². The first-order valence-corrected chi connectivity index (χ1v) is 11.3. The maximum atomic E-state index is 13.4. The molecule has 166 valence electrons. The highest BCUT2D eigenvalue weighted by Crippen LogP contribution is 2.25. The number of carbonyl (C=O) groups excluding carboxylic acids is 2. The summed E-state index contributed by atoms with van der Waals surface area (Å²) >= 11 is 12.0. The first-order valence-electron chi connectivity index (χ1n) is 10.6. The molecule has 0 heterocycles. The van der Waals surface area contributed by atoms with Crippen molar-refractivity contribution in [3.8, 4) is 0 Å². The van der Waals surface area contributed by atoms with Crippen LogP contribution in [-0.2, 0) is 22.7 Å². The number of rotatable bonds is 9. The van der Waals surface area contributed by atoms with Crippen LogP contribution in [0.5, 0.6) is 0 Å². The van der Waals surface area contributed by atoms with Gasteiger partial charge in [-0.3, -0.25) is 9.59 Å². The lowest BCUT2D eigenvalue weighted by atomic mass is 10.0. The van der Waals surface area contributed by atoms with Gasteiger partial charge in [0, 0.05) is 29.6 Å². The molecule has 32 heavy (non-hydrogen) atoms. The lowest BCUT2D eigenvalue weighted by Crippen LogP contribution is -2.43. The van der Waals surface area contributed by atoms with Gasteiger partial charge in [-0.05, 0) is 47.4 Å². The first kappa shape index (κ1) is 23.8. The van der Waals surface area contributed by atoms with Gasteiger partial charge in [0.1, 0.15) is 6.04 Å². The van der Waals surface area contributed by atoms with Gasteiger partial charge in [-0.2, -0.15) is 0 Å². The molecule has 0 aromatic heterocycles. The monoisotopic (exact) mass is 468 g/mol. The maximum absolute atomic E-state index is 13.4. The van der Waals surface area contributed by atoms with E-state index in [1.165, 1.54) is 0 Å². The largest absolute Gasteiger partial charge is 0.350 e. The second-order valence-corrected chi connectivity index (χ2v) is 8.43. The van der Waals surface area contributed by atoms with Gasteiger partial charge in [0.15, 0.2) is 0 Å². The van der Waals surface area contributed by atoms with Crippen molar-refractivity contribution in [1.82, 2.24) is 10.2 Å². The molecule has 0 aliphatic rings. The second-order valence-electron chi connectivity index (χ2n) is 7.56. The topological polar surface area (TPSA) is 49.4 Å². The standard InChI is InChI=1S/C26H26Cl2N2O2/c1-2-6-24(31)30(18-20-11-15-23(28)16-12-20)25(21-7-4-3-5-8-21)26(32)29-17-19-9-13-22(27)14-10-19/h3-5,7-16,25H,2,6,17-18H2,1H3,(H,29,32)/t25-/m0/s1. The summed E-state index contributed by atoms with van der Waals surface area (Å²) in [6.07, 6.45) is 1.06. The Morgan fingerprint density at radius 3 is 1.97 bits per heavy atom. The zero-order valence-electron chi connectivity index (χ0n) is 17.9. The molecule has 0 saturated carbocycles. The van der Waals surface area contributed by atoms with Crippen molar-refractivity contribution in [1.29, 1.82) is 0 Å². The van der Waals surface area contributed by atoms with Gasteiger partial charge in [-0.1, -0.05) is 84.7 Å². The highest BCUT2D eigenvalue weighted by Gasteiger charge is 2.31. The molecule has 2 amide bonds. The average molecular weight is 469 g/mol. The van der Waals surface area contributed by atoms with Gasteiger partial charge < -0.3 is 10.2 Å². The Bertz CT molecular complexity index is 1020. The molecule has 1 atom stereocenters. The molecule has 0 radical (unpaired) electrons. The summed E-state index contributed by atoms with van der Waals surface area (Å²) in [6, 6.07) is 23.3. The van der Waals surface area contributed by atoms with Crippen LogP contribution in [0.4, 0.5) is 0 Å². The van der Waals surface area contributed by atoms with Crippen LogP contribution in [0.15, 0.2) is 78.9 Å². The minimum atomic E-state index is -0.752. The van der Waals surface area contributed by atoms with E-state index in [1.54, 1.807) is 29.2 Å². The zero-order chi connectivity index (χ0) is 22.9. The summed E-state index contributed by atoms with van der Waals surface area (Å²) in [6.45, 7) is 2.61. The molecule has 0 unspecified atom stereocenters. The minimum Gasteiger partial charge on any atom is -0.350 e. The van der Waals surface area contributed by atoms with E-state index in [9.17, 15) is 9.59 Å². The Kier molecular flexibility index (Phi) is 8.72. The molecule has 0 saturated heterocycles. The zero-order valence-corrected chi connectivity index (χ0v) is 19.4. The summed E-state index contributed by atoms with van der Waals surface area (Å²) in [5.41, 5.74) is 2.60. The normalized spacial score (nSPS) is 11.6. The van der Waals surface area contributed by atoms with Crippen molar-refractivity contribution in [3.63, 3.8) is 0 Å². The van der Waals surface area contributed by atoms with Crippen LogP contribution in [0.1, 0.15) is 42.5 Å². The van der Waals surface area contributed by atoms with Gasteiger partial charge in [-0.25, -0.2) is 0 Å². The van der Waals surface area contributed by atoms with Crippen LogP contribution >= 0.6 is 23.2 Å². The quantitative estimate of drug-likeness (QED) is 0.407. The molecule has 1 N–H and O–H groups in total. The molecule has 3 aromatic carbocycles. The van der Waals surface area contributed by atoms with Crippen LogP contribution in [-0.4, -0.2) is 16.7 Å². The second kappa shape index (κ2) is 11.7. The SMILES string of the molecule is CCCC(=O)N(Cc1ccc(Cl)cc1)[C@H](C(=O)NCc1ccc(Cl)cc1)c1ccccc1. The van der Waals surface area contributed by atoms with E-state index in [4.69, 9.17) is 23.2 Å². The molecule has 0 aliphatic heterocycles. The molecular weight excluding hydrogens is 443 g/mol. The van der Waals surface area contributed by atoms with Gasteiger partial charge in [-0.15, -0.1) is 0 Å². The molecular formula is C26H26Cl2N2O2. The number of amides is 2. The summed E-state index contributed by atoms with van der Waals surface area (Å²) < 4.78 is 0. The van der Waals surface area contributed by atoms with Crippen LogP contribution in [0, 0.1) is 0 Å². The van der Waals surface area contributed by atoms with Gasteiger partial charge >= 0.3 is 0 Å². The van der Waals surface area contributed by atoms with Crippen molar-refractivity contribution in [2.45, 2.75) is 38.9 Å². The number of benzene rings is 3. The number of nitrogens with one attached hydrogen (secondary N) is 1. The molecule has 4 nitrogen and oxygen atoms in total. The first-order chi connectivity index (χ1) is 15.5. The molecule has 0 aliphatic carbocycles. The van der Waals surface area contributed by atoms with E-state index in [-0.39, 0.29) is 11.8 Å². The van der Waals surface area contributed by atoms with Crippen molar-refractivity contribution in [2.75, 3.05) is 0 Å². The third-order valence-electron chi connectivity index (χ3n) is 5.11. The Hall–Kier alpha value is -2.82. The predicted octanol–water partition coefficient (Wildman–Crippen LogP) is 6.18. The third-order valence-corrected chi connectivity index (χ3v) is 5.61. The molecule has 6 heteroatoms. The van der Waals surface area contributed by atoms with E-state index in [0.29, 0.717) is 36.0 Å². The molecule has 0 bridgehead atoms. The van der Waals surface area contributed by atoms with Crippen molar-refractivity contribution in [3.05, 3.63) is 106 Å². The number of carbonyl (C=O) groups is 2. The third kappa shape index (κ3) is 6.59. The number of halogens is 2. The Balaban J connectivity index is 1.90. The average Bonchev–Trinajstić information content (AvgIpc) is 2.80. The van der Waals surface area contributed by atoms with E-state index >= 15 is 0 Å². The van der Waals surface area contributed by atoms with E-state index in [0.717, 1.165) is 16.7 Å². The fourth-order valence-electron chi connectivity index (χ4n) is 3.46. The van der Waals surface area contributed by atoms with Crippen molar-refractivity contribution >= 4 is 35.0 Å². The highest BCUT2D eigenvalue weighted by atomic mass is 35.5. The molecule has 3 rings (SSSR count). The highest BCUT2D eigenvalue weighted by molar-refractivity contribution is 6.30. The summed E-state index contributed by atoms with van der Waals surface area (Å²) in [4.78, 5) is 28.2. The maximum Gasteiger partial charge on any atom is 0.247 e. The fourth-order valence-corrected chi connectivity index (χ4v) is 3.72. The van der Waals surface area contributed by atoms with Crippen LogP contribution in [0.2, 0.25) is 10.0 Å². The Labute approximate surface area is 199 Å². The summed E-state index contributed by atoms with van der Waals surface area (Å²) in [5.74, 6) is -0.303. The number of hydrogen-bond acceptors (Lipinski definition) is 2. The van der Waals surface area contributed by atoms with Crippen LogP contribution in [0.3, 0.4) is 0 Å². The smallest absolute Gasteiger partial charge is 0.247 e. The lowest BCUT2D eigenvalue weighted by Gasteiger charge is -2.31. The van der Waals surface area contributed by atoms with Crippen molar-refractivity contribution in [2.24, 2.45) is 0 Å². The molecule has 3 aromatic rings. The van der Waals surface area contributed by atoms with E-state index in [1.807, 2.05) is 61.5 Å². The summed E-state index contributed by atoms with van der Waals surface area (Å²) in [7, 11) is 0. The summed E-state index contributed by atoms with van der Waals surface area (Å²) in [5, 5.41) is 4.26. The van der Waals surface area contributed by atoms with E-state index in [2.05, 4.69) is 5.32 Å². The Morgan fingerprint density at radius 2 is 1.41 bits per heavy atom. The van der Waals surface area contributed by atoms with Gasteiger partial charge in [0.05, 0.1) is 0 Å². The van der Waals surface area contributed by atoms with E-state index < -0.39 is 6.04 Å². The van der Waals surface area contributed by atoms with Crippen LogP contribution in [0.25, 0.3) is 0 Å². The lowest BCUT2D eigenvalue weighted by molar-refractivity contribution is -0.141. The van der Waals surface area contributed by atoms with Crippen molar-refractivity contribution < 1.29 is 9.59 Å². The molecule has 0 spiro atoms. The number of nitrogens with zero attached hydrogens (tertiary/aromatic N) is 1. The fraction of sp³-hybridized carbons (Fsp3) is 0.231. The predicted molar refractivity (Wildman–Crippen MR) is 129 cm³/mol. The Morgan fingerprint density at radius 1 is 0.844 bits per heavy atom.